The van der Waals surface area contributed by atoms with Gasteiger partial charge in [-0.05, 0) is 77.9 Å². The minimum Gasteiger partial charge on any atom is -0.316 e. The summed E-state index contributed by atoms with van der Waals surface area (Å²) >= 11 is 2.27. The van der Waals surface area contributed by atoms with Gasteiger partial charge in [0.25, 0.3) is 0 Å². The average Bonchev–Trinajstić information content (AvgIpc) is 2.44. The fourth-order valence-corrected chi connectivity index (χ4v) is 2.49. The molecule has 0 fully saturated rings. The van der Waals surface area contributed by atoms with Crippen LogP contribution in [0.2, 0.25) is 0 Å². The van der Waals surface area contributed by atoms with E-state index >= 15 is 0 Å². The second-order valence-electron chi connectivity index (χ2n) is 4.77. The van der Waals surface area contributed by atoms with Crippen LogP contribution in [0.5, 0.6) is 0 Å². The maximum absolute atomic E-state index is 13.2. The molecule has 0 heterocycles. The van der Waals surface area contributed by atoms with E-state index < -0.39 is 11.6 Å². The molecule has 0 saturated carbocycles. The predicted octanol–water partition coefficient (Wildman–Crippen LogP) is 3.94. The molecule has 0 bridgehead atoms. The zero-order chi connectivity index (χ0) is 14.5. The Balaban J connectivity index is 2.04. The van der Waals surface area contributed by atoms with Gasteiger partial charge in [0.15, 0.2) is 11.6 Å². The Hall–Kier alpha value is -1.01. The first-order valence-corrected chi connectivity index (χ1v) is 7.52. The summed E-state index contributed by atoms with van der Waals surface area (Å²) in [4.78, 5) is 0. The van der Waals surface area contributed by atoms with Crippen molar-refractivity contribution < 1.29 is 8.78 Å². The molecule has 0 spiro atoms. The van der Waals surface area contributed by atoms with Gasteiger partial charge in [-0.2, -0.15) is 0 Å². The molecule has 0 aliphatic carbocycles. The van der Waals surface area contributed by atoms with Crippen molar-refractivity contribution in [2.75, 3.05) is 7.05 Å². The Morgan fingerprint density at radius 3 is 2.15 bits per heavy atom. The maximum Gasteiger partial charge on any atom is 0.159 e. The largest absolute Gasteiger partial charge is 0.316 e. The van der Waals surface area contributed by atoms with E-state index in [1.54, 1.807) is 6.07 Å². The van der Waals surface area contributed by atoms with Gasteiger partial charge >= 0.3 is 0 Å². The third-order valence-corrected chi connectivity index (χ3v) is 3.99. The van der Waals surface area contributed by atoms with Crippen molar-refractivity contribution in [3.8, 4) is 0 Å². The standard InChI is InChI=1S/C16H16F2IN/c1-20-14(8-11-2-5-13(19)6-3-11)9-12-4-7-15(17)16(18)10-12/h2-7,10,14,20H,8-9H2,1H3. The molecule has 20 heavy (non-hydrogen) atoms. The molecular weight excluding hydrogens is 371 g/mol. The van der Waals surface area contributed by atoms with Crippen molar-refractivity contribution in [3.63, 3.8) is 0 Å². The first kappa shape index (κ1) is 15.4. The lowest BCUT2D eigenvalue weighted by molar-refractivity contribution is 0.503. The average molecular weight is 387 g/mol. The molecule has 106 valence electrons. The van der Waals surface area contributed by atoms with Crippen LogP contribution >= 0.6 is 22.6 Å². The second-order valence-corrected chi connectivity index (χ2v) is 6.01. The number of rotatable bonds is 5. The Bertz CT molecular complexity index is 569. The summed E-state index contributed by atoms with van der Waals surface area (Å²) in [5.41, 5.74) is 2.03. The second kappa shape index (κ2) is 7.13. The van der Waals surface area contributed by atoms with Gasteiger partial charge in [0.05, 0.1) is 0 Å². The minimum atomic E-state index is -0.799. The molecule has 1 atom stereocenters. The van der Waals surface area contributed by atoms with Gasteiger partial charge in [-0.25, -0.2) is 8.78 Å². The third kappa shape index (κ3) is 4.24. The van der Waals surface area contributed by atoms with Crippen LogP contribution in [-0.2, 0) is 12.8 Å². The number of likely N-dealkylation sites (N-methyl/N-ethyl adjacent to an activating group) is 1. The van der Waals surface area contributed by atoms with Gasteiger partial charge in [0, 0.05) is 9.61 Å². The van der Waals surface area contributed by atoms with E-state index in [9.17, 15) is 8.78 Å². The van der Waals surface area contributed by atoms with E-state index in [1.165, 1.54) is 21.3 Å². The van der Waals surface area contributed by atoms with Crippen molar-refractivity contribution in [2.24, 2.45) is 0 Å². The Labute approximate surface area is 131 Å². The molecule has 2 aromatic rings. The number of benzene rings is 2. The van der Waals surface area contributed by atoms with Gasteiger partial charge in [0.2, 0.25) is 0 Å². The first-order chi connectivity index (χ1) is 9.58. The molecule has 0 saturated heterocycles. The lowest BCUT2D eigenvalue weighted by Crippen LogP contribution is -2.30. The van der Waals surface area contributed by atoms with E-state index in [0.717, 1.165) is 12.0 Å². The van der Waals surface area contributed by atoms with Crippen LogP contribution in [0.15, 0.2) is 42.5 Å². The summed E-state index contributed by atoms with van der Waals surface area (Å²) in [5.74, 6) is -1.58. The van der Waals surface area contributed by atoms with Crippen molar-refractivity contribution in [3.05, 3.63) is 68.8 Å². The van der Waals surface area contributed by atoms with E-state index in [0.29, 0.717) is 6.42 Å². The van der Waals surface area contributed by atoms with E-state index in [2.05, 4.69) is 52.2 Å². The number of hydrogen-bond donors (Lipinski definition) is 1. The summed E-state index contributed by atoms with van der Waals surface area (Å²) in [7, 11) is 1.89. The van der Waals surface area contributed by atoms with Crippen molar-refractivity contribution in [1.82, 2.24) is 5.32 Å². The van der Waals surface area contributed by atoms with Crippen LogP contribution in [0.3, 0.4) is 0 Å². The topological polar surface area (TPSA) is 12.0 Å². The molecule has 1 unspecified atom stereocenters. The Morgan fingerprint density at radius 2 is 1.55 bits per heavy atom. The van der Waals surface area contributed by atoms with Crippen LogP contribution in [-0.4, -0.2) is 13.1 Å². The smallest absolute Gasteiger partial charge is 0.159 e. The zero-order valence-corrected chi connectivity index (χ0v) is 13.3. The van der Waals surface area contributed by atoms with Gasteiger partial charge < -0.3 is 5.32 Å². The minimum absolute atomic E-state index is 0.194. The summed E-state index contributed by atoms with van der Waals surface area (Å²) in [6.07, 6.45) is 1.52. The highest BCUT2D eigenvalue weighted by molar-refractivity contribution is 14.1. The lowest BCUT2D eigenvalue weighted by atomic mass is 9.99. The molecule has 0 amide bonds. The van der Waals surface area contributed by atoms with Gasteiger partial charge in [0.1, 0.15) is 0 Å². The van der Waals surface area contributed by atoms with Gasteiger partial charge in [-0.1, -0.05) is 18.2 Å². The fourth-order valence-electron chi connectivity index (χ4n) is 2.13. The van der Waals surface area contributed by atoms with E-state index in [4.69, 9.17) is 0 Å². The SMILES string of the molecule is CNC(Cc1ccc(I)cc1)Cc1ccc(F)c(F)c1. The maximum atomic E-state index is 13.2. The molecule has 0 aliphatic rings. The van der Waals surface area contributed by atoms with Crippen LogP contribution in [0, 0.1) is 15.2 Å². The van der Waals surface area contributed by atoms with Gasteiger partial charge in [-0.15, -0.1) is 0 Å². The molecule has 2 aromatic carbocycles. The van der Waals surface area contributed by atoms with Gasteiger partial charge in [-0.3, -0.25) is 0 Å². The number of hydrogen-bond acceptors (Lipinski definition) is 1. The molecule has 1 nitrogen and oxygen atoms in total. The molecule has 2 rings (SSSR count). The molecule has 4 heteroatoms. The number of halogens is 3. The predicted molar refractivity (Wildman–Crippen MR) is 85.8 cm³/mol. The highest BCUT2D eigenvalue weighted by Gasteiger charge is 2.10. The van der Waals surface area contributed by atoms with E-state index in [-0.39, 0.29) is 6.04 Å². The summed E-state index contributed by atoms with van der Waals surface area (Å²) in [5, 5.41) is 3.23. The zero-order valence-electron chi connectivity index (χ0n) is 11.2. The highest BCUT2D eigenvalue weighted by atomic mass is 127. The quantitative estimate of drug-likeness (QED) is 0.767. The Morgan fingerprint density at radius 1 is 0.950 bits per heavy atom. The normalized spacial score (nSPS) is 12.4. The van der Waals surface area contributed by atoms with Crippen LogP contribution in [0.25, 0.3) is 0 Å². The van der Waals surface area contributed by atoms with Crippen molar-refractivity contribution in [2.45, 2.75) is 18.9 Å². The molecule has 0 aliphatic heterocycles. The van der Waals surface area contributed by atoms with Crippen molar-refractivity contribution in [1.29, 1.82) is 0 Å². The molecular formula is C16H16F2IN. The Kier molecular flexibility index (Phi) is 5.48. The first-order valence-electron chi connectivity index (χ1n) is 6.44. The lowest BCUT2D eigenvalue weighted by Gasteiger charge is -2.16. The van der Waals surface area contributed by atoms with Crippen LogP contribution in [0.1, 0.15) is 11.1 Å². The summed E-state index contributed by atoms with van der Waals surface area (Å²) in [6.45, 7) is 0. The van der Waals surface area contributed by atoms with Crippen molar-refractivity contribution >= 4 is 22.6 Å². The van der Waals surface area contributed by atoms with E-state index in [1.807, 2.05) is 7.05 Å². The monoisotopic (exact) mass is 387 g/mol. The highest BCUT2D eigenvalue weighted by Crippen LogP contribution is 2.14. The third-order valence-electron chi connectivity index (χ3n) is 3.27. The fraction of sp³-hybridized carbons (Fsp3) is 0.250. The van der Waals surface area contributed by atoms with Crippen LogP contribution < -0.4 is 5.32 Å². The van der Waals surface area contributed by atoms with Crippen LogP contribution in [0.4, 0.5) is 8.78 Å². The molecule has 0 aromatic heterocycles. The molecule has 1 N–H and O–H groups in total. The molecule has 0 radical (unpaired) electrons. The summed E-state index contributed by atoms with van der Waals surface area (Å²) < 4.78 is 27.3. The summed E-state index contributed by atoms with van der Waals surface area (Å²) in [6, 6.07) is 12.6. The number of nitrogens with one attached hydrogen (secondary N) is 1.